The molecule has 1 amide bonds. The third kappa shape index (κ3) is 2.12. The van der Waals surface area contributed by atoms with Gasteiger partial charge in [0, 0.05) is 17.3 Å². The van der Waals surface area contributed by atoms with E-state index in [-0.39, 0.29) is 11.4 Å². The Kier molecular flexibility index (Phi) is 2.75. The zero-order valence-electron chi connectivity index (χ0n) is 8.42. The maximum absolute atomic E-state index is 13.5. The van der Waals surface area contributed by atoms with Gasteiger partial charge in [-0.05, 0) is 24.3 Å². The molecule has 1 aromatic heterocycles. The minimum absolute atomic E-state index is 0.190. The zero-order chi connectivity index (χ0) is 11.7. The Bertz CT molecular complexity index is 571. The van der Waals surface area contributed by atoms with Gasteiger partial charge in [0.1, 0.15) is 11.3 Å². The van der Waals surface area contributed by atoms with Gasteiger partial charge in [-0.15, -0.1) is 0 Å². The topological polar surface area (TPSA) is 42.0 Å². The van der Waals surface area contributed by atoms with Crippen LogP contribution < -0.4 is 5.32 Å². The number of amides is 1. The van der Waals surface area contributed by atoms with E-state index in [0.717, 1.165) is 0 Å². The highest BCUT2D eigenvalue weighted by molar-refractivity contribution is 6.31. The molecule has 82 valence electrons. The van der Waals surface area contributed by atoms with E-state index in [9.17, 15) is 9.18 Å². The van der Waals surface area contributed by atoms with Crippen LogP contribution in [-0.2, 0) is 4.79 Å². The van der Waals surface area contributed by atoms with E-state index < -0.39 is 5.82 Å². The van der Waals surface area contributed by atoms with Gasteiger partial charge in [-0.25, -0.2) is 9.37 Å². The normalized spacial score (nSPS) is 10.4. The van der Waals surface area contributed by atoms with Gasteiger partial charge in [-0.1, -0.05) is 11.6 Å². The van der Waals surface area contributed by atoms with Gasteiger partial charge in [0.05, 0.1) is 0 Å². The highest BCUT2D eigenvalue weighted by atomic mass is 35.5. The monoisotopic (exact) mass is 238 g/mol. The molecular formula is C11H8ClFN2O. The molecular weight excluding hydrogens is 231 g/mol. The van der Waals surface area contributed by atoms with Crippen LogP contribution in [-0.4, -0.2) is 10.9 Å². The van der Waals surface area contributed by atoms with E-state index in [1.165, 1.54) is 13.0 Å². The van der Waals surface area contributed by atoms with E-state index in [1.54, 1.807) is 18.2 Å². The number of aromatic nitrogens is 1. The van der Waals surface area contributed by atoms with Crippen LogP contribution in [0.5, 0.6) is 0 Å². The number of carbonyl (C=O) groups excluding carboxylic acids is 1. The third-order valence-corrected chi connectivity index (χ3v) is 2.23. The molecule has 5 heteroatoms. The Hall–Kier alpha value is -1.68. The number of benzene rings is 1. The number of halogens is 2. The molecule has 0 unspecified atom stereocenters. The second kappa shape index (κ2) is 4.06. The molecule has 2 rings (SSSR count). The smallest absolute Gasteiger partial charge is 0.222 e. The molecule has 0 radical (unpaired) electrons. The van der Waals surface area contributed by atoms with Crippen molar-refractivity contribution in [1.29, 1.82) is 0 Å². The first-order valence-corrected chi connectivity index (χ1v) is 4.97. The summed E-state index contributed by atoms with van der Waals surface area (Å²) in [6, 6.07) is 6.06. The van der Waals surface area contributed by atoms with Gasteiger partial charge in [0.25, 0.3) is 0 Å². The summed E-state index contributed by atoms with van der Waals surface area (Å²) in [5.74, 6) is -0.433. The SMILES string of the molecule is CC(=O)Nc1ccc2cc(Cl)cc(F)c2n1. The summed E-state index contributed by atoms with van der Waals surface area (Å²) >= 11 is 5.71. The van der Waals surface area contributed by atoms with Crippen LogP contribution in [0.1, 0.15) is 6.92 Å². The summed E-state index contributed by atoms with van der Waals surface area (Å²) in [7, 11) is 0. The molecule has 0 saturated carbocycles. The molecule has 0 saturated heterocycles. The first-order valence-electron chi connectivity index (χ1n) is 4.59. The zero-order valence-corrected chi connectivity index (χ0v) is 9.18. The summed E-state index contributed by atoms with van der Waals surface area (Å²) in [5.41, 5.74) is 0.190. The van der Waals surface area contributed by atoms with Crippen molar-refractivity contribution >= 4 is 34.2 Å². The van der Waals surface area contributed by atoms with E-state index in [0.29, 0.717) is 16.2 Å². The van der Waals surface area contributed by atoms with E-state index in [1.807, 2.05) is 0 Å². The fraction of sp³-hybridized carbons (Fsp3) is 0.0909. The van der Waals surface area contributed by atoms with Crippen LogP contribution >= 0.6 is 11.6 Å². The summed E-state index contributed by atoms with van der Waals surface area (Å²) in [6.45, 7) is 1.37. The van der Waals surface area contributed by atoms with Crippen LogP contribution in [0, 0.1) is 5.82 Å². The lowest BCUT2D eigenvalue weighted by Crippen LogP contribution is -2.07. The van der Waals surface area contributed by atoms with Gasteiger partial charge in [-0.2, -0.15) is 0 Å². The number of anilines is 1. The summed E-state index contributed by atoms with van der Waals surface area (Å²) in [4.78, 5) is 14.8. The number of hydrogen-bond acceptors (Lipinski definition) is 2. The van der Waals surface area contributed by atoms with E-state index in [2.05, 4.69) is 10.3 Å². The number of rotatable bonds is 1. The van der Waals surface area contributed by atoms with Crippen LogP contribution in [0.25, 0.3) is 10.9 Å². The van der Waals surface area contributed by atoms with Crippen molar-refractivity contribution in [3.8, 4) is 0 Å². The van der Waals surface area contributed by atoms with E-state index in [4.69, 9.17) is 11.6 Å². The first kappa shape index (κ1) is 10.8. The predicted molar refractivity (Wildman–Crippen MR) is 61.0 cm³/mol. The number of nitrogens with one attached hydrogen (secondary N) is 1. The fourth-order valence-electron chi connectivity index (χ4n) is 1.41. The number of pyridine rings is 1. The minimum Gasteiger partial charge on any atom is -0.311 e. The Labute approximate surface area is 96.2 Å². The molecule has 0 aliphatic rings. The maximum atomic E-state index is 13.5. The second-order valence-electron chi connectivity index (χ2n) is 3.34. The molecule has 1 heterocycles. The van der Waals surface area contributed by atoms with Crippen molar-refractivity contribution in [3.05, 3.63) is 35.1 Å². The standard InChI is InChI=1S/C11H8ClFN2O/c1-6(16)14-10-3-2-7-4-8(12)5-9(13)11(7)15-10/h2-5H,1H3,(H,14,15,16). The molecule has 16 heavy (non-hydrogen) atoms. The minimum atomic E-state index is -0.505. The predicted octanol–water partition coefficient (Wildman–Crippen LogP) is 2.99. The molecule has 1 N–H and O–H groups in total. The number of nitrogens with zero attached hydrogens (tertiary/aromatic N) is 1. The molecule has 0 aliphatic heterocycles. The van der Waals surface area contributed by atoms with Gasteiger partial charge >= 0.3 is 0 Å². The van der Waals surface area contributed by atoms with Crippen LogP contribution in [0.4, 0.5) is 10.2 Å². The molecule has 0 fully saturated rings. The number of carbonyl (C=O) groups is 1. The van der Waals surface area contributed by atoms with Gasteiger partial charge in [-0.3, -0.25) is 4.79 Å². The van der Waals surface area contributed by atoms with Crippen molar-refractivity contribution in [2.24, 2.45) is 0 Å². The Morgan fingerprint density at radius 1 is 1.44 bits per heavy atom. The quantitative estimate of drug-likeness (QED) is 0.830. The molecule has 1 aromatic carbocycles. The lowest BCUT2D eigenvalue weighted by molar-refractivity contribution is -0.114. The summed E-state index contributed by atoms with van der Waals surface area (Å²) < 4.78 is 13.5. The Morgan fingerprint density at radius 2 is 2.19 bits per heavy atom. The highest BCUT2D eigenvalue weighted by Gasteiger charge is 2.06. The first-order chi connectivity index (χ1) is 7.56. The van der Waals surface area contributed by atoms with Gasteiger partial charge in [0.15, 0.2) is 5.82 Å². The second-order valence-corrected chi connectivity index (χ2v) is 3.77. The third-order valence-electron chi connectivity index (χ3n) is 2.01. The lowest BCUT2D eigenvalue weighted by atomic mass is 10.2. The summed E-state index contributed by atoms with van der Waals surface area (Å²) in [5, 5.41) is 3.40. The van der Waals surface area contributed by atoms with Gasteiger partial charge in [0.2, 0.25) is 5.91 Å². The number of hydrogen-bond donors (Lipinski definition) is 1. The molecule has 0 bridgehead atoms. The van der Waals surface area contributed by atoms with Gasteiger partial charge < -0.3 is 5.32 Å². The lowest BCUT2D eigenvalue weighted by Gasteiger charge is -2.04. The average Bonchev–Trinajstić information content (AvgIpc) is 2.18. The van der Waals surface area contributed by atoms with Crippen molar-refractivity contribution in [3.63, 3.8) is 0 Å². The average molecular weight is 239 g/mol. The fourth-order valence-corrected chi connectivity index (χ4v) is 1.62. The highest BCUT2D eigenvalue weighted by Crippen LogP contribution is 2.22. The molecule has 2 aromatic rings. The summed E-state index contributed by atoms with van der Waals surface area (Å²) in [6.07, 6.45) is 0. The molecule has 0 aliphatic carbocycles. The Morgan fingerprint density at radius 3 is 2.88 bits per heavy atom. The van der Waals surface area contributed by atoms with Crippen molar-refractivity contribution in [1.82, 2.24) is 4.98 Å². The van der Waals surface area contributed by atoms with Crippen LogP contribution in [0.2, 0.25) is 5.02 Å². The van der Waals surface area contributed by atoms with Crippen LogP contribution in [0.3, 0.4) is 0 Å². The van der Waals surface area contributed by atoms with Crippen molar-refractivity contribution in [2.45, 2.75) is 6.92 Å². The Balaban J connectivity index is 2.57. The van der Waals surface area contributed by atoms with Crippen molar-refractivity contribution < 1.29 is 9.18 Å². The molecule has 3 nitrogen and oxygen atoms in total. The number of fused-ring (bicyclic) bond motifs is 1. The van der Waals surface area contributed by atoms with Crippen LogP contribution in [0.15, 0.2) is 24.3 Å². The molecule has 0 spiro atoms. The largest absolute Gasteiger partial charge is 0.311 e. The maximum Gasteiger partial charge on any atom is 0.222 e. The van der Waals surface area contributed by atoms with E-state index >= 15 is 0 Å². The molecule has 0 atom stereocenters. The van der Waals surface area contributed by atoms with Crippen molar-refractivity contribution in [2.75, 3.05) is 5.32 Å².